The molecule has 0 aromatic heterocycles. The third-order valence-electron chi connectivity index (χ3n) is 6.30. The Balaban J connectivity index is 1.31. The average Bonchev–Trinajstić information content (AvgIpc) is 3.39. The first kappa shape index (κ1) is 25.8. The summed E-state index contributed by atoms with van der Waals surface area (Å²) in [6, 6.07) is 28.3. The number of rotatable bonds is 7. The van der Waals surface area contributed by atoms with E-state index in [0.29, 0.717) is 17.2 Å². The van der Waals surface area contributed by atoms with Gasteiger partial charge in [-0.1, -0.05) is 89.9 Å². The zero-order chi connectivity index (χ0) is 26.6. The molecule has 5 rings (SSSR count). The highest BCUT2D eigenvalue weighted by Gasteiger charge is 2.34. The lowest BCUT2D eigenvalue weighted by molar-refractivity contribution is -0.158. The van der Waals surface area contributed by atoms with Crippen molar-refractivity contribution in [2.24, 2.45) is 5.10 Å². The summed E-state index contributed by atoms with van der Waals surface area (Å²) in [5.41, 5.74) is 2.68. The molecule has 2 atom stereocenters. The molecular formula is C30H24Cl2N2O4. The Morgan fingerprint density at radius 2 is 1.68 bits per heavy atom. The average molecular weight is 547 g/mol. The van der Waals surface area contributed by atoms with Gasteiger partial charge < -0.3 is 9.47 Å². The molecule has 0 bridgehead atoms. The first-order chi connectivity index (χ1) is 18.4. The van der Waals surface area contributed by atoms with E-state index in [1.807, 2.05) is 60.7 Å². The van der Waals surface area contributed by atoms with Gasteiger partial charge in [0.25, 0.3) is 5.91 Å². The standard InChI is InChI=1S/C30H24Cl2N2O4/c1-19(38-28-14-13-24(31)16-25(28)32)30(36)37-18-29(35)34-27(21-8-3-2-4-9-21)17-26(33-34)23-12-11-20-7-5-6-10-22(20)15-23/h2-16,19,27H,17-18H2,1H3. The van der Waals surface area contributed by atoms with Crippen LogP contribution in [0.4, 0.5) is 0 Å². The Hall–Kier alpha value is -3.87. The summed E-state index contributed by atoms with van der Waals surface area (Å²) in [5, 5.41) is 9.04. The van der Waals surface area contributed by atoms with E-state index in [2.05, 4.69) is 17.2 Å². The number of carbonyl (C=O) groups is 2. The fourth-order valence-corrected chi connectivity index (χ4v) is 4.80. The Labute approximate surface area is 230 Å². The molecule has 0 aliphatic carbocycles. The van der Waals surface area contributed by atoms with Gasteiger partial charge in [-0.05, 0) is 53.1 Å². The summed E-state index contributed by atoms with van der Waals surface area (Å²) in [4.78, 5) is 25.8. The zero-order valence-corrected chi connectivity index (χ0v) is 22.0. The molecule has 1 amide bonds. The van der Waals surface area contributed by atoms with E-state index in [1.165, 1.54) is 18.0 Å². The zero-order valence-electron chi connectivity index (χ0n) is 20.5. The molecule has 4 aromatic carbocycles. The van der Waals surface area contributed by atoms with Crippen LogP contribution in [0.15, 0.2) is 96.1 Å². The smallest absolute Gasteiger partial charge is 0.347 e. The van der Waals surface area contributed by atoms with Crippen LogP contribution in [0, 0.1) is 0 Å². The third-order valence-corrected chi connectivity index (χ3v) is 6.83. The van der Waals surface area contributed by atoms with E-state index in [-0.39, 0.29) is 11.1 Å². The van der Waals surface area contributed by atoms with Crippen molar-refractivity contribution in [2.75, 3.05) is 6.61 Å². The van der Waals surface area contributed by atoms with E-state index < -0.39 is 24.6 Å². The quantitative estimate of drug-likeness (QED) is 0.238. The SMILES string of the molecule is CC(Oc1ccc(Cl)cc1Cl)C(=O)OCC(=O)N1N=C(c2ccc3ccccc3c2)CC1c1ccccc1. The van der Waals surface area contributed by atoms with Crippen LogP contribution < -0.4 is 4.74 Å². The van der Waals surface area contributed by atoms with Crippen molar-refractivity contribution in [1.82, 2.24) is 5.01 Å². The first-order valence-electron chi connectivity index (χ1n) is 12.1. The van der Waals surface area contributed by atoms with E-state index in [0.717, 1.165) is 27.6 Å². The van der Waals surface area contributed by atoms with E-state index >= 15 is 0 Å². The van der Waals surface area contributed by atoms with Gasteiger partial charge in [0.05, 0.1) is 16.8 Å². The first-order valence-corrected chi connectivity index (χ1v) is 12.9. The normalized spacial score (nSPS) is 15.7. The van der Waals surface area contributed by atoms with Crippen LogP contribution in [-0.4, -0.2) is 35.3 Å². The minimum atomic E-state index is -0.985. The number of esters is 1. The van der Waals surface area contributed by atoms with Gasteiger partial charge in [-0.3, -0.25) is 4.79 Å². The Morgan fingerprint density at radius 3 is 2.45 bits per heavy atom. The highest BCUT2D eigenvalue weighted by atomic mass is 35.5. The van der Waals surface area contributed by atoms with E-state index in [1.54, 1.807) is 12.1 Å². The molecule has 0 spiro atoms. The van der Waals surface area contributed by atoms with Gasteiger partial charge in [0.1, 0.15) is 5.75 Å². The molecule has 0 radical (unpaired) electrons. The highest BCUT2D eigenvalue weighted by molar-refractivity contribution is 6.35. The summed E-state index contributed by atoms with van der Waals surface area (Å²) in [7, 11) is 0. The predicted octanol–water partition coefficient (Wildman–Crippen LogP) is 6.84. The van der Waals surface area contributed by atoms with Crippen LogP contribution in [-0.2, 0) is 14.3 Å². The molecule has 1 aliphatic rings. The van der Waals surface area contributed by atoms with Crippen LogP contribution in [0.2, 0.25) is 10.0 Å². The lowest BCUT2D eigenvalue weighted by Gasteiger charge is -2.22. The molecule has 0 saturated carbocycles. The fourth-order valence-electron chi connectivity index (χ4n) is 4.34. The van der Waals surface area contributed by atoms with Crippen LogP contribution in [0.25, 0.3) is 10.8 Å². The van der Waals surface area contributed by atoms with Crippen LogP contribution in [0.3, 0.4) is 0 Å². The molecule has 38 heavy (non-hydrogen) atoms. The number of hydrogen-bond acceptors (Lipinski definition) is 5. The molecule has 1 heterocycles. The van der Waals surface area contributed by atoms with Crippen LogP contribution in [0.5, 0.6) is 5.75 Å². The topological polar surface area (TPSA) is 68.2 Å². The number of halogens is 2. The fraction of sp³-hybridized carbons (Fsp3) is 0.167. The minimum absolute atomic E-state index is 0.270. The Bertz CT molecular complexity index is 1520. The third kappa shape index (κ3) is 5.67. The molecule has 2 unspecified atom stereocenters. The summed E-state index contributed by atoms with van der Waals surface area (Å²) in [6.07, 6.45) is -0.446. The second-order valence-electron chi connectivity index (χ2n) is 8.92. The minimum Gasteiger partial charge on any atom is -0.477 e. The number of carbonyl (C=O) groups excluding carboxylic acids is 2. The summed E-state index contributed by atoms with van der Waals surface area (Å²) < 4.78 is 10.9. The maximum absolute atomic E-state index is 13.3. The number of nitrogens with zero attached hydrogens (tertiary/aromatic N) is 2. The molecule has 192 valence electrons. The van der Waals surface area contributed by atoms with Crippen molar-refractivity contribution in [3.8, 4) is 5.75 Å². The van der Waals surface area contributed by atoms with Crippen LogP contribution >= 0.6 is 23.2 Å². The second-order valence-corrected chi connectivity index (χ2v) is 9.76. The Kier molecular flexibility index (Phi) is 7.63. The van der Waals surface area contributed by atoms with Crippen molar-refractivity contribution < 1.29 is 19.1 Å². The van der Waals surface area contributed by atoms with Crippen molar-refractivity contribution >= 4 is 51.6 Å². The molecule has 8 heteroatoms. The monoisotopic (exact) mass is 546 g/mol. The maximum Gasteiger partial charge on any atom is 0.347 e. The summed E-state index contributed by atoms with van der Waals surface area (Å²) in [6.45, 7) is 1.05. The maximum atomic E-state index is 13.3. The highest BCUT2D eigenvalue weighted by Crippen LogP contribution is 2.33. The lowest BCUT2D eigenvalue weighted by Crippen LogP contribution is -2.34. The predicted molar refractivity (Wildman–Crippen MR) is 149 cm³/mol. The number of fused-ring (bicyclic) bond motifs is 1. The largest absolute Gasteiger partial charge is 0.477 e. The number of ether oxygens (including phenoxy) is 2. The van der Waals surface area contributed by atoms with Gasteiger partial charge in [-0.15, -0.1) is 0 Å². The Morgan fingerprint density at radius 1 is 0.947 bits per heavy atom. The molecule has 0 fully saturated rings. The van der Waals surface area contributed by atoms with Crippen molar-refractivity contribution in [2.45, 2.75) is 25.5 Å². The van der Waals surface area contributed by atoms with Gasteiger partial charge in [0, 0.05) is 11.4 Å². The van der Waals surface area contributed by atoms with Crippen molar-refractivity contribution in [3.63, 3.8) is 0 Å². The number of benzene rings is 4. The summed E-state index contributed by atoms with van der Waals surface area (Å²) >= 11 is 12.0. The summed E-state index contributed by atoms with van der Waals surface area (Å²) in [5.74, 6) is -0.835. The van der Waals surface area contributed by atoms with Crippen molar-refractivity contribution in [3.05, 3.63) is 112 Å². The van der Waals surface area contributed by atoms with E-state index in [4.69, 9.17) is 32.7 Å². The number of amides is 1. The van der Waals surface area contributed by atoms with Crippen LogP contribution in [0.1, 0.15) is 30.5 Å². The number of hydrogen-bond donors (Lipinski definition) is 0. The molecule has 1 aliphatic heterocycles. The van der Waals surface area contributed by atoms with E-state index in [9.17, 15) is 9.59 Å². The molecule has 0 N–H and O–H groups in total. The van der Waals surface area contributed by atoms with Gasteiger partial charge in [-0.2, -0.15) is 5.10 Å². The van der Waals surface area contributed by atoms with Gasteiger partial charge >= 0.3 is 5.97 Å². The molecule has 0 saturated heterocycles. The second kappa shape index (κ2) is 11.3. The molecule has 6 nitrogen and oxygen atoms in total. The van der Waals surface area contributed by atoms with Gasteiger partial charge in [0.15, 0.2) is 12.7 Å². The lowest BCUT2D eigenvalue weighted by atomic mass is 9.97. The number of hydrazone groups is 1. The van der Waals surface area contributed by atoms with Crippen molar-refractivity contribution in [1.29, 1.82) is 0 Å². The van der Waals surface area contributed by atoms with Gasteiger partial charge in [-0.25, -0.2) is 9.80 Å². The van der Waals surface area contributed by atoms with Gasteiger partial charge in [0.2, 0.25) is 0 Å². The molecule has 4 aromatic rings. The molecular weight excluding hydrogens is 523 g/mol.